The molecular weight excluding hydrogens is 690 g/mol. The number of rotatable bonds is 12. The van der Waals surface area contributed by atoms with Crippen LogP contribution in [0, 0.1) is 41.4 Å². The lowest BCUT2D eigenvalue weighted by atomic mass is 9.72. The second kappa shape index (κ2) is 16.8. The molecule has 0 radical (unpaired) electrons. The van der Waals surface area contributed by atoms with Crippen molar-refractivity contribution in [2.75, 3.05) is 7.05 Å². The highest BCUT2D eigenvalue weighted by atomic mass is 16.8. The maximum atomic E-state index is 12.0. The van der Waals surface area contributed by atoms with Gasteiger partial charge in [-0.3, -0.25) is 9.79 Å². The predicted octanol–water partition coefficient (Wildman–Crippen LogP) is 6.69. The lowest BCUT2D eigenvalue weighted by Crippen LogP contribution is -2.63. The quantitative estimate of drug-likeness (QED) is 0.125. The first-order chi connectivity index (χ1) is 25.3. The van der Waals surface area contributed by atoms with Gasteiger partial charge in [-0.15, -0.1) is 0 Å². The van der Waals surface area contributed by atoms with Crippen LogP contribution in [-0.2, 0) is 28.5 Å². The van der Waals surface area contributed by atoms with Gasteiger partial charge in [0.15, 0.2) is 5.79 Å². The summed E-state index contributed by atoms with van der Waals surface area (Å²) in [6, 6.07) is 0. The molecule has 0 amide bonds. The number of carboxylic acid groups (broad SMARTS) is 1. The molecule has 5 rings (SSSR count). The molecule has 11 nitrogen and oxygen atoms in total. The molecular formula is C43H73NO10. The van der Waals surface area contributed by atoms with Gasteiger partial charge in [-0.05, 0) is 95.6 Å². The van der Waals surface area contributed by atoms with E-state index in [4.69, 9.17) is 28.7 Å². The van der Waals surface area contributed by atoms with Crippen LogP contribution in [0.5, 0.6) is 0 Å². The topological polar surface area (TPSA) is 156 Å². The van der Waals surface area contributed by atoms with Gasteiger partial charge in [-0.1, -0.05) is 55.4 Å². The van der Waals surface area contributed by atoms with Gasteiger partial charge in [0, 0.05) is 42.9 Å². The molecule has 5 aliphatic heterocycles. The highest BCUT2D eigenvalue weighted by molar-refractivity contribution is 5.89. The summed E-state index contributed by atoms with van der Waals surface area (Å²) in [5, 5.41) is 44.4. The van der Waals surface area contributed by atoms with E-state index in [1.807, 2.05) is 47.6 Å². The number of nitrogens with zero attached hydrogens (tertiary/aromatic N) is 1. The normalized spacial score (nSPS) is 46.0. The first-order valence-corrected chi connectivity index (χ1v) is 21.2. The number of ether oxygens (including phenoxy) is 5. The molecule has 18 atom stereocenters. The highest BCUT2D eigenvalue weighted by Gasteiger charge is 2.63. The largest absolute Gasteiger partial charge is 0.481 e. The van der Waals surface area contributed by atoms with Gasteiger partial charge < -0.3 is 44.1 Å². The molecule has 310 valence electrons. The molecule has 0 saturated carbocycles. The summed E-state index contributed by atoms with van der Waals surface area (Å²) in [6.07, 6.45) is 6.95. The summed E-state index contributed by atoms with van der Waals surface area (Å²) in [4.78, 5) is 16.8. The highest BCUT2D eigenvalue weighted by Crippen LogP contribution is 2.54. The molecule has 4 N–H and O–H groups in total. The molecule has 4 fully saturated rings. The maximum Gasteiger partial charge on any atom is 0.309 e. The van der Waals surface area contributed by atoms with Crippen molar-refractivity contribution in [2.24, 2.45) is 46.4 Å². The number of aliphatic hydroxyl groups excluding tert-OH is 2. The van der Waals surface area contributed by atoms with E-state index < -0.39 is 46.9 Å². The number of carboxylic acids is 1. The summed E-state index contributed by atoms with van der Waals surface area (Å²) < 4.78 is 34.0. The summed E-state index contributed by atoms with van der Waals surface area (Å²) in [5.41, 5.74) is -0.700. The lowest BCUT2D eigenvalue weighted by molar-refractivity contribution is -0.408. The fourth-order valence-electron chi connectivity index (χ4n) is 10.9. The number of aliphatic hydroxyl groups is 3. The Hall–Kier alpha value is -1.44. The average molecular weight is 764 g/mol. The minimum Gasteiger partial charge on any atom is -0.481 e. The second-order valence-electron chi connectivity index (χ2n) is 18.2. The smallest absolute Gasteiger partial charge is 0.309 e. The molecule has 54 heavy (non-hydrogen) atoms. The minimum atomic E-state index is -1.32. The van der Waals surface area contributed by atoms with Crippen molar-refractivity contribution in [2.45, 2.75) is 199 Å². The molecule has 1 unspecified atom stereocenters. The first kappa shape index (κ1) is 43.7. The summed E-state index contributed by atoms with van der Waals surface area (Å²) in [5.74, 6) is -4.24. The van der Waals surface area contributed by atoms with Gasteiger partial charge in [0.25, 0.3) is 0 Å². The van der Waals surface area contributed by atoms with E-state index in [1.54, 1.807) is 13.1 Å². The monoisotopic (exact) mass is 764 g/mol. The Morgan fingerprint density at radius 2 is 1.61 bits per heavy atom. The van der Waals surface area contributed by atoms with Crippen molar-refractivity contribution in [3.63, 3.8) is 0 Å². The first-order valence-electron chi connectivity index (χ1n) is 21.2. The van der Waals surface area contributed by atoms with Gasteiger partial charge >= 0.3 is 5.97 Å². The van der Waals surface area contributed by atoms with E-state index in [9.17, 15) is 25.2 Å². The molecule has 4 saturated heterocycles. The number of carbonyl (C=O) groups is 1. The molecule has 0 aromatic rings. The third kappa shape index (κ3) is 8.00. The van der Waals surface area contributed by atoms with Crippen LogP contribution < -0.4 is 0 Å². The third-order valence-electron chi connectivity index (χ3n) is 14.7. The van der Waals surface area contributed by atoms with Crippen LogP contribution in [0.3, 0.4) is 0 Å². The summed E-state index contributed by atoms with van der Waals surface area (Å²) >= 11 is 0. The fraction of sp³-hybridized carbons (Fsp3) is 0.907. The van der Waals surface area contributed by atoms with Crippen molar-refractivity contribution in [1.29, 1.82) is 0 Å². The summed E-state index contributed by atoms with van der Waals surface area (Å²) in [6.45, 7) is 20.5. The van der Waals surface area contributed by atoms with Gasteiger partial charge in [-0.25, -0.2) is 0 Å². The van der Waals surface area contributed by atoms with Crippen molar-refractivity contribution in [1.82, 2.24) is 0 Å². The molecule has 0 bridgehead atoms. The SMILES string of the molecule is CCC(C(=NC)[C@@H](C)[C@@H](O)[C@H](C)[C@@H]1O[C@@H]([C@@H](CC)C(=O)O)CC[C@@H]1C)[C@H]1O[C@]2(C=C[C@@H](O)[C@]3(CC[C@@](C)([C@H]4CC[C@](O)(CC)[C@H](C)O4)O3)O2)[C@H](C)C[C@@H]1C. The van der Waals surface area contributed by atoms with Crippen LogP contribution in [0.15, 0.2) is 17.1 Å². The number of hydrogen-bond donors (Lipinski definition) is 4. The molecule has 2 spiro atoms. The van der Waals surface area contributed by atoms with Crippen LogP contribution >= 0.6 is 0 Å². The van der Waals surface area contributed by atoms with Crippen LogP contribution in [0.1, 0.15) is 133 Å². The molecule has 0 aromatic heterocycles. The van der Waals surface area contributed by atoms with E-state index in [-0.39, 0.29) is 66.0 Å². The van der Waals surface area contributed by atoms with Crippen molar-refractivity contribution < 1.29 is 48.9 Å². The van der Waals surface area contributed by atoms with Crippen LogP contribution in [-0.4, -0.2) is 105 Å². The zero-order chi connectivity index (χ0) is 40.0. The predicted molar refractivity (Wildman–Crippen MR) is 207 cm³/mol. The Labute approximate surface area is 324 Å². The number of hydrogen-bond acceptors (Lipinski definition) is 10. The summed E-state index contributed by atoms with van der Waals surface area (Å²) in [7, 11) is 1.79. The van der Waals surface area contributed by atoms with Gasteiger partial charge in [0.1, 0.15) is 6.10 Å². The van der Waals surface area contributed by atoms with E-state index in [1.165, 1.54) is 0 Å². The van der Waals surface area contributed by atoms with Gasteiger partial charge in [0.2, 0.25) is 5.79 Å². The van der Waals surface area contributed by atoms with E-state index in [0.717, 1.165) is 25.0 Å². The average Bonchev–Trinajstić information content (AvgIpc) is 3.48. The zero-order valence-electron chi connectivity index (χ0n) is 35.0. The molecule has 5 heterocycles. The minimum absolute atomic E-state index is 0.0384. The van der Waals surface area contributed by atoms with Crippen LogP contribution in [0.25, 0.3) is 0 Å². The Bertz CT molecular complexity index is 1360. The molecule has 11 heteroatoms. The molecule has 0 aromatic carbocycles. The third-order valence-corrected chi connectivity index (χ3v) is 14.7. The van der Waals surface area contributed by atoms with Gasteiger partial charge in [-0.2, -0.15) is 0 Å². The van der Waals surface area contributed by atoms with Crippen molar-refractivity contribution in [3.05, 3.63) is 12.2 Å². The Balaban J connectivity index is 1.34. The van der Waals surface area contributed by atoms with E-state index in [2.05, 4.69) is 27.7 Å². The second-order valence-corrected chi connectivity index (χ2v) is 18.2. The standard InChI is InChI=1S/C43H73NO10/c1-12-30(39(47)48)32-16-15-24(4)37(51-32)28(8)36(46)27(7)35(44-11)31(13-2)38-25(5)23-26(6)42(52-38)20-17-33(45)43(54-42)22-21-40(10,53-43)34-18-19-41(49,14-3)29(9)50-34/h17,20,24-34,36-38,45-46,49H,12-16,18-19,21-23H2,1-11H3,(H,47,48)/t24-,25-,26+,27+,28-,29-,30+,31?,32+,33+,34+,36+,37+,38-,40-,41+,42-,43-/m0/s1. The Kier molecular flexibility index (Phi) is 13.6. The lowest BCUT2D eigenvalue weighted by Gasteiger charge is -2.54. The van der Waals surface area contributed by atoms with Crippen molar-refractivity contribution in [3.8, 4) is 0 Å². The zero-order valence-corrected chi connectivity index (χ0v) is 35.0. The maximum absolute atomic E-state index is 12.0. The van der Waals surface area contributed by atoms with E-state index >= 15 is 0 Å². The van der Waals surface area contributed by atoms with Crippen LogP contribution in [0.2, 0.25) is 0 Å². The van der Waals surface area contributed by atoms with Crippen molar-refractivity contribution >= 4 is 11.7 Å². The van der Waals surface area contributed by atoms with E-state index in [0.29, 0.717) is 44.9 Å². The Morgan fingerprint density at radius 3 is 2.20 bits per heavy atom. The van der Waals surface area contributed by atoms with Gasteiger partial charge in [0.05, 0.1) is 53.7 Å². The fourth-order valence-corrected chi connectivity index (χ4v) is 10.9. The molecule has 5 aliphatic rings. The van der Waals surface area contributed by atoms with Crippen LogP contribution in [0.4, 0.5) is 0 Å². The Morgan fingerprint density at radius 1 is 0.926 bits per heavy atom. The number of aliphatic imine (C=N–C) groups is 1. The number of aliphatic carboxylic acids is 1. The molecule has 0 aliphatic carbocycles.